The summed E-state index contributed by atoms with van der Waals surface area (Å²) in [7, 11) is 0. The number of hydrogen-bond donors (Lipinski definition) is 0. The summed E-state index contributed by atoms with van der Waals surface area (Å²) in [6.07, 6.45) is 3.01. The van der Waals surface area contributed by atoms with Crippen molar-refractivity contribution in [1.82, 2.24) is 0 Å². The smallest absolute Gasteiger partial charge is 0.389 e. The molecule has 0 saturated heterocycles. The van der Waals surface area contributed by atoms with E-state index in [9.17, 15) is 18.0 Å². The Labute approximate surface area is 232 Å². The van der Waals surface area contributed by atoms with E-state index in [1.807, 2.05) is 48.5 Å². The maximum atomic E-state index is 12.1. The van der Waals surface area contributed by atoms with Crippen LogP contribution in [0.4, 0.5) is 13.2 Å². The van der Waals surface area contributed by atoms with Gasteiger partial charge in [0.1, 0.15) is 5.75 Å². The lowest BCUT2D eigenvalue weighted by Gasteiger charge is -2.08. The van der Waals surface area contributed by atoms with E-state index in [-0.39, 0.29) is 12.4 Å². The Bertz CT molecular complexity index is 960. The lowest BCUT2D eigenvalue weighted by Crippen LogP contribution is -2.07. The standard InChI is InChI=1S/C27H32Cl3F3O3Si/c28-37(29,30)21-7-2-1-5-20-36-26(34)17-10-22-8-11-23(12-9-22)24-13-15-25(16-14-24)35-19-6-3-4-18-27(31,32)33/h8-17H,1-7,18-21H2/b17-10+. The van der Waals surface area contributed by atoms with Crippen LogP contribution in [0.25, 0.3) is 17.2 Å². The summed E-state index contributed by atoms with van der Waals surface area (Å²) < 4.78 is 47.3. The molecule has 2 rings (SSSR count). The van der Waals surface area contributed by atoms with Crippen molar-refractivity contribution >= 4 is 51.3 Å². The van der Waals surface area contributed by atoms with Crippen molar-refractivity contribution in [1.29, 1.82) is 0 Å². The molecule has 0 aliphatic heterocycles. The molecule has 0 N–H and O–H groups in total. The molecule has 0 aliphatic carbocycles. The van der Waals surface area contributed by atoms with Crippen LogP contribution in [0, 0.1) is 0 Å². The van der Waals surface area contributed by atoms with E-state index < -0.39 is 18.6 Å². The van der Waals surface area contributed by atoms with Crippen LogP contribution >= 0.6 is 33.2 Å². The zero-order chi connectivity index (χ0) is 27.2. The topological polar surface area (TPSA) is 35.5 Å². The Hall–Kier alpha value is -1.67. The number of hydrogen-bond acceptors (Lipinski definition) is 3. The summed E-state index contributed by atoms with van der Waals surface area (Å²) in [6, 6.07) is 13.4. The van der Waals surface area contributed by atoms with Gasteiger partial charge in [0.2, 0.25) is 0 Å². The molecule has 0 heterocycles. The number of esters is 1. The quantitative estimate of drug-likeness (QED) is 0.0637. The Balaban J connectivity index is 1.67. The van der Waals surface area contributed by atoms with Gasteiger partial charge in [0.05, 0.1) is 13.2 Å². The van der Waals surface area contributed by atoms with Crippen molar-refractivity contribution in [2.24, 2.45) is 0 Å². The maximum absolute atomic E-state index is 12.1. The van der Waals surface area contributed by atoms with Gasteiger partial charge in [-0.1, -0.05) is 55.7 Å². The maximum Gasteiger partial charge on any atom is 0.389 e. The minimum Gasteiger partial charge on any atom is -0.494 e. The molecule has 0 fully saturated rings. The average Bonchev–Trinajstić information content (AvgIpc) is 2.83. The molecule has 0 aromatic heterocycles. The average molecular weight is 596 g/mol. The van der Waals surface area contributed by atoms with Crippen LogP contribution in [-0.2, 0) is 9.53 Å². The Morgan fingerprint density at radius 1 is 0.784 bits per heavy atom. The highest BCUT2D eigenvalue weighted by Crippen LogP contribution is 2.28. The van der Waals surface area contributed by atoms with Crippen molar-refractivity contribution in [3.05, 3.63) is 60.2 Å². The van der Waals surface area contributed by atoms with Gasteiger partial charge in [-0.3, -0.25) is 0 Å². The Kier molecular flexibility index (Phi) is 13.9. The molecule has 37 heavy (non-hydrogen) atoms. The fourth-order valence-corrected chi connectivity index (χ4v) is 5.34. The largest absolute Gasteiger partial charge is 0.494 e. The SMILES string of the molecule is O=C(/C=C/c1ccc(-c2ccc(OCCCCCC(F)(F)F)cc2)cc1)OCCCCCC[Si](Cl)(Cl)Cl. The van der Waals surface area contributed by atoms with Gasteiger partial charge in [-0.2, -0.15) is 13.2 Å². The monoisotopic (exact) mass is 594 g/mol. The number of carbonyl (C=O) groups excluding carboxylic acids is 1. The molecule has 0 saturated carbocycles. The minimum absolute atomic E-state index is 0.126. The van der Waals surface area contributed by atoms with E-state index in [0.717, 1.165) is 42.4 Å². The van der Waals surface area contributed by atoms with Gasteiger partial charge in [0, 0.05) is 12.5 Å². The molecule has 0 spiro atoms. The summed E-state index contributed by atoms with van der Waals surface area (Å²) in [4.78, 5) is 11.9. The van der Waals surface area contributed by atoms with Crippen LogP contribution < -0.4 is 4.74 Å². The van der Waals surface area contributed by atoms with Gasteiger partial charge in [0.15, 0.2) is 0 Å². The van der Waals surface area contributed by atoms with Gasteiger partial charge in [0.25, 0.3) is 0 Å². The zero-order valence-electron chi connectivity index (χ0n) is 20.5. The van der Waals surface area contributed by atoms with E-state index >= 15 is 0 Å². The van der Waals surface area contributed by atoms with Crippen molar-refractivity contribution < 1.29 is 27.4 Å². The summed E-state index contributed by atoms with van der Waals surface area (Å²) in [5, 5.41) is 0. The van der Waals surface area contributed by atoms with Gasteiger partial charge >= 0.3 is 18.1 Å². The Morgan fingerprint density at radius 2 is 1.35 bits per heavy atom. The first kappa shape index (κ1) is 31.5. The predicted molar refractivity (Wildman–Crippen MR) is 148 cm³/mol. The second-order valence-corrected chi connectivity index (χ2v) is 18.0. The van der Waals surface area contributed by atoms with Crippen LogP contribution in [0.5, 0.6) is 5.75 Å². The number of halogens is 6. The van der Waals surface area contributed by atoms with E-state index in [2.05, 4.69) is 0 Å². The number of unbranched alkanes of at least 4 members (excludes halogenated alkanes) is 5. The summed E-state index contributed by atoms with van der Waals surface area (Å²) in [5.41, 5.74) is 2.89. The second kappa shape index (κ2) is 16.3. The van der Waals surface area contributed by atoms with Crippen LogP contribution in [-0.4, -0.2) is 31.4 Å². The first-order valence-electron chi connectivity index (χ1n) is 12.3. The fraction of sp³-hybridized carbons (Fsp3) is 0.444. The third kappa shape index (κ3) is 15.4. The van der Waals surface area contributed by atoms with Crippen LogP contribution in [0.2, 0.25) is 6.04 Å². The van der Waals surface area contributed by atoms with Gasteiger partial charge in [-0.15, -0.1) is 33.2 Å². The second-order valence-electron chi connectivity index (χ2n) is 8.70. The zero-order valence-corrected chi connectivity index (χ0v) is 23.8. The first-order chi connectivity index (χ1) is 17.5. The van der Waals surface area contributed by atoms with Crippen molar-refractivity contribution in [2.45, 2.75) is 63.6 Å². The third-order valence-corrected chi connectivity index (χ3v) is 8.10. The highest BCUT2D eigenvalue weighted by Gasteiger charge is 2.25. The predicted octanol–water partition coefficient (Wildman–Crippen LogP) is 9.63. The van der Waals surface area contributed by atoms with E-state index in [0.29, 0.717) is 37.8 Å². The molecule has 2 aromatic carbocycles. The Morgan fingerprint density at radius 3 is 1.97 bits per heavy atom. The number of alkyl halides is 3. The van der Waals surface area contributed by atoms with Crippen molar-refractivity contribution in [3.63, 3.8) is 0 Å². The van der Waals surface area contributed by atoms with Gasteiger partial charge in [-0.05, 0) is 66.6 Å². The molecule has 0 unspecified atom stereocenters. The molecule has 2 aromatic rings. The van der Waals surface area contributed by atoms with E-state index in [1.54, 1.807) is 6.08 Å². The van der Waals surface area contributed by atoms with Crippen LogP contribution in [0.15, 0.2) is 54.6 Å². The van der Waals surface area contributed by atoms with Crippen molar-refractivity contribution in [3.8, 4) is 16.9 Å². The lowest BCUT2D eigenvalue weighted by molar-refractivity contribution is -0.138. The van der Waals surface area contributed by atoms with Gasteiger partial charge < -0.3 is 9.47 Å². The minimum atomic E-state index is -4.09. The first-order valence-corrected chi connectivity index (χ1v) is 17.6. The fourth-order valence-electron chi connectivity index (χ4n) is 3.49. The van der Waals surface area contributed by atoms with E-state index in [1.165, 1.54) is 6.08 Å². The molecular weight excluding hydrogens is 564 g/mol. The molecular formula is C27H32Cl3F3O3Si. The summed E-state index contributed by atoms with van der Waals surface area (Å²) >= 11 is 17.5. The molecule has 10 heteroatoms. The van der Waals surface area contributed by atoms with Crippen molar-refractivity contribution in [2.75, 3.05) is 13.2 Å². The highest BCUT2D eigenvalue weighted by molar-refractivity contribution is 7.64. The van der Waals surface area contributed by atoms with Crippen LogP contribution in [0.3, 0.4) is 0 Å². The lowest BCUT2D eigenvalue weighted by atomic mass is 10.0. The summed E-state index contributed by atoms with van der Waals surface area (Å²) in [5.74, 6) is 0.302. The van der Waals surface area contributed by atoms with Crippen LogP contribution in [0.1, 0.15) is 56.9 Å². The number of carbonyl (C=O) groups is 1. The molecule has 204 valence electrons. The molecule has 0 amide bonds. The highest BCUT2D eigenvalue weighted by atomic mass is 35.8. The number of benzene rings is 2. The summed E-state index contributed by atoms with van der Waals surface area (Å²) in [6.45, 7) is 0.755. The molecule has 0 aliphatic rings. The number of rotatable bonds is 16. The third-order valence-electron chi connectivity index (χ3n) is 5.48. The molecule has 0 bridgehead atoms. The molecule has 0 atom stereocenters. The van der Waals surface area contributed by atoms with E-state index in [4.69, 9.17) is 42.7 Å². The number of ether oxygens (including phenoxy) is 2. The van der Waals surface area contributed by atoms with Gasteiger partial charge in [-0.25, -0.2) is 4.79 Å². The normalized spacial score (nSPS) is 12.2. The molecule has 0 radical (unpaired) electrons. The molecule has 3 nitrogen and oxygen atoms in total.